The maximum absolute atomic E-state index is 5.45. The van der Waals surface area contributed by atoms with Crippen LogP contribution in [-0.2, 0) is 5.41 Å². The summed E-state index contributed by atoms with van der Waals surface area (Å²) in [7, 11) is 0. The summed E-state index contributed by atoms with van der Waals surface area (Å²) in [4.78, 5) is 8.94. The third-order valence-electron chi connectivity index (χ3n) is 2.63. The average molecular weight is 283 g/mol. The second-order valence-corrected chi connectivity index (χ2v) is 6.47. The number of nitrogens with zero attached hydrogens (tertiary/aromatic N) is 2. The van der Waals surface area contributed by atoms with Crippen molar-refractivity contribution in [2.24, 2.45) is 5.84 Å². The van der Waals surface area contributed by atoms with Gasteiger partial charge in [-0.2, -0.15) is 11.8 Å². The van der Waals surface area contributed by atoms with E-state index in [0.29, 0.717) is 5.82 Å². The Bertz CT molecular complexity index is 389. The lowest BCUT2D eigenvalue weighted by Gasteiger charge is -2.18. The van der Waals surface area contributed by atoms with E-state index in [1.165, 1.54) is 12.2 Å². The number of hydrazine groups is 1. The van der Waals surface area contributed by atoms with E-state index in [4.69, 9.17) is 5.84 Å². The van der Waals surface area contributed by atoms with E-state index < -0.39 is 0 Å². The highest BCUT2D eigenvalue weighted by atomic mass is 32.2. The molecule has 4 N–H and O–H groups in total. The molecule has 0 unspecified atom stereocenters. The lowest BCUT2D eigenvalue weighted by molar-refractivity contribution is 0.546. The van der Waals surface area contributed by atoms with Gasteiger partial charge in [-0.15, -0.1) is 0 Å². The SMILES string of the molecule is CSCCCCNc1cc(NN)nc(C(C)(C)C)n1. The molecule has 0 spiro atoms. The van der Waals surface area contributed by atoms with Gasteiger partial charge in [-0.05, 0) is 24.9 Å². The van der Waals surface area contributed by atoms with Crippen molar-refractivity contribution in [3.05, 3.63) is 11.9 Å². The number of aromatic nitrogens is 2. The average Bonchev–Trinajstić information content (AvgIpc) is 2.37. The molecule has 0 aromatic carbocycles. The maximum Gasteiger partial charge on any atom is 0.145 e. The Morgan fingerprint density at radius 3 is 2.47 bits per heavy atom. The Balaban J connectivity index is 2.67. The minimum atomic E-state index is -0.0951. The number of unbranched alkanes of at least 4 members (excludes halogenated alkanes) is 1. The standard InChI is InChI=1S/C13H25N5S/c1-13(2,3)12-16-10(9-11(17-12)18-14)15-7-5-6-8-19-4/h9H,5-8,14H2,1-4H3,(H2,15,16,17,18). The van der Waals surface area contributed by atoms with Crippen LogP contribution in [0, 0.1) is 0 Å². The molecule has 0 bridgehead atoms. The number of nitrogen functional groups attached to an aromatic ring is 1. The first kappa shape index (κ1) is 16.0. The van der Waals surface area contributed by atoms with Gasteiger partial charge in [0.2, 0.25) is 0 Å². The van der Waals surface area contributed by atoms with Crippen LogP contribution in [0.2, 0.25) is 0 Å². The normalized spacial score (nSPS) is 11.4. The van der Waals surface area contributed by atoms with Crippen molar-refractivity contribution in [3.63, 3.8) is 0 Å². The van der Waals surface area contributed by atoms with Gasteiger partial charge in [-0.25, -0.2) is 15.8 Å². The summed E-state index contributed by atoms with van der Waals surface area (Å²) in [6.07, 6.45) is 4.49. The van der Waals surface area contributed by atoms with Crippen LogP contribution in [0.3, 0.4) is 0 Å². The highest BCUT2D eigenvalue weighted by Crippen LogP contribution is 2.21. The van der Waals surface area contributed by atoms with E-state index in [0.717, 1.165) is 24.6 Å². The molecule has 0 fully saturated rings. The Morgan fingerprint density at radius 1 is 1.21 bits per heavy atom. The van der Waals surface area contributed by atoms with Gasteiger partial charge >= 0.3 is 0 Å². The smallest absolute Gasteiger partial charge is 0.145 e. The fourth-order valence-corrected chi connectivity index (χ4v) is 2.03. The van der Waals surface area contributed by atoms with Gasteiger partial charge in [0.05, 0.1) is 0 Å². The molecule has 108 valence electrons. The molecule has 6 heteroatoms. The number of hydrogen-bond donors (Lipinski definition) is 3. The fraction of sp³-hybridized carbons (Fsp3) is 0.692. The predicted octanol–water partition coefficient (Wildman–Crippen LogP) is 2.61. The van der Waals surface area contributed by atoms with Crippen LogP contribution in [0.5, 0.6) is 0 Å². The summed E-state index contributed by atoms with van der Waals surface area (Å²) in [6.45, 7) is 7.19. The molecule has 1 aromatic heterocycles. The van der Waals surface area contributed by atoms with Gasteiger partial charge in [-0.3, -0.25) is 0 Å². The lowest BCUT2D eigenvalue weighted by atomic mass is 9.96. The number of anilines is 2. The number of rotatable bonds is 7. The summed E-state index contributed by atoms with van der Waals surface area (Å²) in [5.74, 6) is 8.92. The van der Waals surface area contributed by atoms with E-state index in [1.54, 1.807) is 0 Å². The van der Waals surface area contributed by atoms with Crippen molar-refractivity contribution in [2.45, 2.75) is 39.0 Å². The Kier molecular flexibility index (Phi) is 6.37. The van der Waals surface area contributed by atoms with Gasteiger partial charge in [-0.1, -0.05) is 20.8 Å². The zero-order chi connectivity index (χ0) is 14.3. The molecule has 0 amide bonds. The molecule has 0 saturated carbocycles. The van der Waals surface area contributed by atoms with Crippen molar-refractivity contribution in [1.29, 1.82) is 0 Å². The Morgan fingerprint density at radius 2 is 1.89 bits per heavy atom. The quantitative estimate of drug-likeness (QED) is 0.406. The molecule has 5 nitrogen and oxygen atoms in total. The topological polar surface area (TPSA) is 75.9 Å². The molecule has 1 heterocycles. The second kappa shape index (κ2) is 7.55. The second-order valence-electron chi connectivity index (χ2n) is 5.48. The van der Waals surface area contributed by atoms with Crippen LogP contribution >= 0.6 is 11.8 Å². The van der Waals surface area contributed by atoms with E-state index in [9.17, 15) is 0 Å². The molecule has 19 heavy (non-hydrogen) atoms. The molecule has 0 radical (unpaired) electrons. The van der Waals surface area contributed by atoms with Crippen molar-refractivity contribution in [3.8, 4) is 0 Å². The van der Waals surface area contributed by atoms with Crippen LogP contribution in [0.4, 0.5) is 11.6 Å². The van der Waals surface area contributed by atoms with Crippen molar-refractivity contribution >= 4 is 23.4 Å². The van der Waals surface area contributed by atoms with Crippen LogP contribution in [0.15, 0.2) is 6.07 Å². The first-order valence-corrected chi connectivity index (χ1v) is 7.95. The van der Waals surface area contributed by atoms with Crippen molar-refractivity contribution < 1.29 is 0 Å². The third-order valence-corrected chi connectivity index (χ3v) is 3.32. The summed E-state index contributed by atoms with van der Waals surface area (Å²) in [5, 5.41) is 3.33. The molecule has 0 aliphatic heterocycles. The van der Waals surface area contributed by atoms with E-state index in [-0.39, 0.29) is 5.41 Å². The van der Waals surface area contributed by atoms with Gasteiger partial charge in [0.15, 0.2) is 0 Å². The zero-order valence-electron chi connectivity index (χ0n) is 12.3. The van der Waals surface area contributed by atoms with Crippen LogP contribution in [0.1, 0.15) is 39.4 Å². The van der Waals surface area contributed by atoms with Crippen LogP contribution in [-0.4, -0.2) is 28.5 Å². The van der Waals surface area contributed by atoms with Gasteiger partial charge < -0.3 is 10.7 Å². The van der Waals surface area contributed by atoms with Crippen LogP contribution in [0.25, 0.3) is 0 Å². The molecule has 0 atom stereocenters. The highest BCUT2D eigenvalue weighted by Gasteiger charge is 2.18. The van der Waals surface area contributed by atoms with Gasteiger partial charge in [0.25, 0.3) is 0 Å². The molecule has 0 aliphatic carbocycles. The minimum absolute atomic E-state index is 0.0951. The number of nitrogens with one attached hydrogen (secondary N) is 2. The molecular weight excluding hydrogens is 258 g/mol. The summed E-state index contributed by atoms with van der Waals surface area (Å²) in [6, 6.07) is 1.84. The minimum Gasteiger partial charge on any atom is -0.370 e. The maximum atomic E-state index is 5.45. The predicted molar refractivity (Wildman–Crippen MR) is 84.6 cm³/mol. The molecule has 0 aliphatic rings. The largest absolute Gasteiger partial charge is 0.370 e. The third kappa shape index (κ3) is 5.65. The Hall–Kier alpha value is -1.01. The lowest BCUT2D eigenvalue weighted by Crippen LogP contribution is -2.20. The highest BCUT2D eigenvalue weighted by molar-refractivity contribution is 7.98. The van der Waals surface area contributed by atoms with Crippen LogP contribution < -0.4 is 16.6 Å². The molecule has 1 rings (SSSR count). The van der Waals surface area contributed by atoms with E-state index in [1.807, 2.05) is 17.8 Å². The molecule has 1 aromatic rings. The van der Waals surface area contributed by atoms with E-state index >= 15 is 0 Å². The first-order chi connectivity index (χ1) is 8.97. The summed E-state index contributed by atoms with van der Waals surface area (Å²) < 4.78 is 0. The van der Waals surface area contributed by atoms with Gasteiger partial charge in [0.1, 0.15) is 17.5 Å². The fourth-order valence-electron chi connectivity index (χ4n) is 1.54. The monoisotopic (exact) mass is 283 g/mol. The number of thioether (sulfide) groups is 1. The summed E-state index contributed by atoms with van der Waals surface area (Å²) in [5.41, 5.74) is 2.50. The Labute approximate surface area is 120 Å². The van der Waals surface area contributed by atoms with Gasteiger partial charge in [0, 0.05) is 18.0 Å². The molecular formula is C13H25N5S. The summed E-state index contributed by atoms with van der Waals surface area (Å²) >= 11 is 1.88. The number of hydrogen-bond acceptors (Lipinski definition) is 6. The first-order valence-electron chi connectivity index (χ1n) is 6.56. The molecule has 0 saturated heterocycles. The zero-order valence-corrected chi connectivity index (χ0v) is 13.1. The number of nitrogens with two attached hydrogens (primary N) is 1. The van der Waals surface area contributed by atoms with Crippen molar-refractivity contribution in [2.75, 3.05) is 29.3 Å². The van der Waals surface area contributed by atoms with E-state index in [2.05, 4.69) is 47.7 Å². The van der Waals surface area contributed by atoms with Crippen molar-refractivity contribution in [1.82, 2.24) is 9.97 Å².